The molecule has 0 radical (unpaired) electrons. The average molecular weight is 271 g/mol. The lowest BCUT2D eigenvalue weighted by molar-refractivity contribution is 0.522. The summed E-state index contributed by atoms with van der Waals surface area (Å²) in [5, 5.41) is 11.4. The highest BCUT2D eigenvalue weighted by Crippen LogP contribution is 2.20. The Kier molecular flexibility index (Phi) is 3.53. The molecule has 3 heterocycles. The van der Waals surface area contributed by atoms with Gasteiger partial charge in [-0.25, -0.2) is 14.4 Å². The number of fused-ring (bicyclic) bond motifs is 1. The molecule has 0 bridgehead atoms. The van der Waals surface area contributed by atoms with Gasteiger partial charge in [-0.1, -0.05) is 5.21 Å². The third-order valence-electron chi connectivity index (χ3n) is 2.81. The van der Waals surface area contributed by atoms with Gasteiger partial charge in [0.15, 0.2) is 5.82 Å². The summed E-state index contributed by atoms with van der Waals surface area (Å²) in [6.45, 7) is 2.89. The summed E-state index contributed by atoms with van der Waals surface area (Å²) in [6, 6.07) is 0.174. The van der Waals surface area contributed by atoms with E-state index >= 15 is 0 Å². The van der Waals surface area contributed by atoms with Crippen LogP contribution in [0.4, 0.5) is 4.39 Å². The molecule has 2 aromatic heterocycles. The minimum Gasteiger partial charge on any atom is -0.308 e. The Bertz CT molecular complexity index is 540. The molecule has 8 heteroatoms. The second-order valence-corrected chi connectivity index (χ2v) is 3.96. The Morgan fingerprint density at radius 2 is 2.11 bits per heavy atom. The van der Waals surface area contributed by atoms with Crippen LogP contribution in [0, 0.1) is 5.82 Å². The van der Waals surface area contributed by atoms with Gasteiger partial charge in [0.05, 0.1) is 24.1 Å². The summed E-state index contributed by atoms with van der Waals surface area (Å²) in [5.74, 6) is -0.105. The SMILES string of the molecule is CC1NCCc2c1nnn2-c1ncc(F)cn1.Cl. The molecule has 0 amide bonds. The van der Waals surface area contributed by atoms with Gasteiger partial charge in [0.2, 0.25) is 0 Å². The predicted molar refractivity (Wildman–Crippen MR) is 64.3 cm³/mol. The minimum atomic E-state index is -0.460. The first-order chi connectivity index (χ1) is 8.25. The zero-order valence-electron chi connectivity index (χ0n) is 9.67. The Labute approximate surface area is 109 Å². The highest BCUT2D eigenvalue weighted by atomic mass is 35.5. The summed E-state index contributed by atoms with van der Waals surface area (Å²) >= 11 is 0. The molecule has 2 aromatic rings. The molecule has 0 fully saturated rings. The van der Waals surface area contributed by atoms with Crippen LogP contribution >= 0.6 is 12.4 Å². The van der Waals surface area contributed by atoms with Gasteiger partial charge in [-0.15, -0.1) is 17.5 Å². The Balaban J connectivity index is 0.00000120. The quantitative estimate of drug-likeness (QED) is 0.831. The van der Waals surface area contributed by atoms with E-state index in [1.165, 1.54) is 0 Å². The third-order valence-corrected chi connectivity index (χ3v) is 2.81. The highest BCUT2D eigenvalue weighted by molar-refractivity contribution is 5.85. The van der Waals surface area contributed by atoms with Crippen molar-refractivity contribution in [1.29, 1.82) is 0 Å². The van der Waals surface area contributed by atoms with Gasteiger partial charge in [-0.2, -0.15) is 4.68 Å². The molecule has 0 spiro atoms. The van der Waals surface area contributed by atoms with E-state index in [0.717, 1.165) is 36.7 Å². The molecular formula is C10H12ClFN6. The first-order valence-corrected chi connectivity index (χ1v) is 5.41. The van der Waals surface area contributed by atoms with Crippen LogP contribution in [0.5, 0.6) is 0 Å². The van der Waals surface area contributed by atoms with Gasteiger partial charge < -0.3 is 5.32 Å². The summed E-state index contributed by atoms with van der Waals surface area (Å²) < 4.78 is 14.3. The fourth-order valence-electron chi connectivity index (χ4n) is 1.96. The van der Waals surface area contributed by atoms with Crippen molar-refractivity contribution in [2.45, 2.75) is 19.4 Å². The topological polar surface area (TPSA) is 68.5 Å². The van der Waals surface area contributed by atoms with Gasteiger partial charge in [0.25, 0.3) is 5.95 Å². The van der Waals surface area contributed by atoms with Crippen molar-refractivity contribution in [3.05, 3.63) is 29.6 Å². The number of aromatic nitrogens is 5. The van der Waals surface area contributed by atoms with E-state index in [0.29, 0.717) is 5.95 Å². The maximum absolute atomic E-state index is 12.7. The first kappa shape index (κ1) is 12.8. The molecule has 1 aliphatic heterocycles. The van der Waals surface area contributed by atoms with E-state index in [1.807, 2.05) is 6.92 Å². The molecule has 96 valence electrons. The van der Waals surface area contributed by atoms with Crippen molar-refractivity contribution < 1.29 is 4.39 Å². The van der Waals surface area contributed by atoms with Gasteiger partial charge in [-0.3, -0.25) is 0 Å². The minimum absolute atomic E-state index is 0. The molecule has 0 saturated heterocycles. The lowest BCUT2D eigenvalue weighted by atomic mass is 10.1. The zero-order chi connectivity index (χ0) is 11.8. The van der Waals surface area contributed by atoms with Crippen LogP contribution in [-0.2, 0) is 6.42 Å². The Morgan fingerprint density at radius 1 is 1.39 bits per heavy atom. The molecule has 0 aliphatic carbocycles. The van der Waals surface area contributed by atoms with Crippen molar-refractivity contribution in [3.8, 4) is 5.95 Å². The normalized spacial score (nSPS) is 18.0. The van der Waals surface area contributed by atoms with Crippen molar-refractivity contribution in [1.82, 2.24) is 30.3 Å². The molecule has 0 saturated carbocycles. The van der Waals surface area contributed by atoms with E-state index in [9.17, 15) is 4.39 Å². The number of nitrogens with one attached hydrogen (secondary N) is 1. The summed E-state index contributed by atoms with van der Waals surface area (Å²) in [6.07, 6.45) is 3.06. The van der Waals surface area contributed by atoms with Crippen LogP contribution in [0.1, 0.15) is 24.4 Å². The van der Waals surface area contributed by atoms with Crippen LogP contribution in [-0.4, -0.2) is 31.5 Å². The molecule has 1 unspecified atom stereocenters. The summed E-state index contributed by atoms with van der Waals surface area (Å²) in [4.78, 5) is 7.82. The lowest BCUT2D eigenvalue weighted by Crippen LogP contribution is -2.28. The van der Waals surface area contributed by atoms with Crippen molar-refractivity contribution in [2.75, 3.05) is 6.54 Å². The number of halogens is 2. The Morgan fingerprint density at radius 3 is 2.83 bits per heavy atom. The van der Waals surface area contributed by atoms with E-state index in [4.69, 9.17) is 0 Å². The van der Waals surface area contributed by atoms with Crippen molar-refractivity contribution >= 4 is 12.4 Å². The molecule has 1 N–H and O–H groups in total. The molecule has 6 nitrogen and oxygen atoms in total. The van der Waals surface area contributed by atoms with Crippen LogP contribution in [0.2, 0.25) is 0 Å². The molecular weight excluding hydrogens is 259 g/mol. The van der Waals surface area contributed by atoms with Crippen molar-refractivity contribution in [3.63, 3.8) is 0 Å². The summed E-state index contributed by atoms with van der Waals surface area (Å²) in [5.41, 5.74) is 1.90. The lowest BCUT2D eigenvalue weighted by Gasteiger charge is -2.18. The second kappa shape index (κ2) is 4.95. The maximum atomic E-state index is 12.7. The zero-order valence-corrected chi connectivity index (χ0v) is 10.5. The highest BCUT2D eigenvalue weighted by Gasteiger charge is 2.23. The fourth-order valence-corrected chi connectivity index (χ4v) is 1.96. The number of hydrogen-bond donors (Lipinski definition) is 1. The Hall–Kier alpha value is -1.60. The van der Waals surface area contributed by atoms with Gasteiger partial charge in [0.1, 0.15) is 5.69 Å². The van der Waals surface area contributed by atoms with Crippen LogP contribution in [0.25, 0.3) is 5.95 Å². The first-order valence-electron chi connectivity index (χ1n) is 5.41. The smallest absolute Gasteiger partial charge is 0.252 e. The van der Waals surface area contributed by atoms with Gasteiger partial charge in [0, 0.05) is 13.0 Å². The van der Waals surface area contributed by atoms with Gasteiger partial charge >= 0.3 is 0 Å². The van der Waals surface area contributed by atoms with Crippen molar-refractivity contribution in [2.24, 2.45) is 0 Å². The largest absolute Gasteiger partial charge is 0.308 e. The van der Waals surface area contributed by atoms with E-state index in [2.05, 4.69) is 25.6 Å². The molecule has 1 atom stereocenters. The number of rotatable bonds is 1. The molecule has 0 aromatic carbocycles. The second-order valence-electron chi connectivity index (χ2n) is 3.96. The standard InChI is InChI=1S/C10H11FN6.ClH/c1-6-9-8(2-3-12-6)17(16-15-9)10-13-4-7(11)5-14-10;/h4-6,12H,2-3H2,1H3;1H. The van der Waals surface area contributed by atoms with E-state index in [-0.39, 0.29) is 18.4 Å². The summed E-state index contributed by atoms with van der Waals surface area (Å²) in [7, 11) is 0. The van der Waals surface area contributed by atoms with E-state index < -0.39 is 5.82 Å². The van der Waals surface area contributed by atoms with Crippen LogP contribution < -0.4 is 5.32 Å². The monoisotopic (exact) mass is 270 g/mol. The van der Waals surface area contributed by atoms with E-state index in [1.54, 1.807) is 4.68 Å². The van der Waals surface area contributed by atoms with Crippen LogP contribution in [0.15, 0.2) is 12.4 Å². The molecule has 18 heavy (non-hydrogen) atoms. The predicted octanol–water partition coefficient (Wildman–Crippen LogP) is 0.825. The number of nitrogens with zero attached hydrogens (tertiary/aromatic N) is 5. The molecule has 3 rings (SSSR count). The average Bonchev–Trinajstić information content (AvgIpc) is 2.75. The van der Waals surface area contributed by atoms with Gasteiger partial charge in [-0.05, 0) is 6.92 Å². The maximum Gasteiger partial charge on any atom is 0.252 e. The fraction of sp³-hybridized carbons (Fsp3) is 0.400. The number of hydrogen-bond acceptors (Lipinski definition) is 5. The third kappa shape index (κ3) is 2.06. The molecule has 1 aliphatic rings. The van der Waals surface area contributed by atoms with Crippen LogP contribution in [0.3, 0.4) is 0 Å².